The molecule has 0 amide bonds. The van der Waals surface area contributed by atoms with Gasteiger partial charge in [0.2, 0.25) is 0 Å². The van der Waals surface area contributed by atoms with Gasteiger partial charge < -0.3 is 14.1 Å². The first-order chi connectivity index (χ1) is 18.2. The molecule has 4 heterocycles. The fraction of sp³-hybridized carbons (Fsp3) is 0.192. The van der Waals surface area contributed by atoms with Crippen LogP contribution in [0.3, 0.4) is 0 Å². The molecule has 194 valence electrons. The van der Waals surface area contributed by atoms with Gasteiger partial charge in [0, 0.05) is 17.8 Å². The van der Waals surface area contributed by atoms with Crippen LogP contribution in [0.25, 0.3) is 6.08 Å². The molecular formula is C26H21BrN4O5S2. The Morgan fingerprint density at radius 2 is 2.03 bits per heavy atom. The molecule has 1 N–H and O–H groups in total. The minimum absolute atomic E-state index is 0.210. The highest BCUT2D eigenvalue weighted by molar-refractivity contribution is 9.10. The number of aromatic amines is 1. The zero-order chi connectivity index (χ0) is 27.0. The number of aryl methyl sites for hydroxylation is 1. The minimum Gasteiger partial charge on any atom is -0.463 e. The third-order valence-electron chi connectivity index (χ3n) is 5.62. The number of nitrogens with one attached hydrogen (secondary N) is 1. The maximum Gasteiger partial charge on any atom is 0.338 e. The smallest absolute Gasteiger partial charge is 0.338 e. The molecule has 0 saturated carbocycles. The minimum atomic E-state index is -0.674. The normalized spacial score (nSPS) is 15.4. The van der Waals surface area contributed by atoms with Gasteiger partial charge in [0.05, 0.1) is 32.9 Å². The van der Waals surface area contributed by atoms with Crippen molar-refractivity contribution >= 4 is 51.1 Å². The van der Waals surface area contributed by atoms with E-state index in [1.54, 1.807) is 32.9 Å². The number of carbonyl (C=O) groups is 1. The van der Waals surface area contributed by atoms with Crippen LogP contribution in [0.4, 0.5) is 0 Å². The molecule has 0 aliphatic carbocycles. The van der Waals surface area contributed by atoms with Gasteiger partial charge in [-0.25, -0.2) is 14.8 Å². The SMILES string of the molecule is CCOC(=O)C1=C(C)N=c2s/c(=C/c3cc(Br)c(Sc4nc(C)cc(=O)[nH]4)o3)c(=O)n2[C@H]1c1ccccc1. The van der Waals surface area contributed by atoms with Crippen LogP contribution in [0.1, 0.15) is 36.9 Å². The molecule has 1 aliphatic rings. The van der Waals surface area contributed by atoms with Crippen LogP contribution < -0.4 is 20.5 Å². The maximum atomic E-state index is 13.7. The Bertz CT molecular complexity index is 1820. The third kappa shape index (κ3) is 5.11. The average molecular weight is 614 g/mol. The molecule has 9 nitrogen and oxygen atoms in total. The number of aromatic nitrogens is 3. The fourth-order valence-electron chi connectivity index (χ4n) is 4.07. The number of allylic oxidation sites excluding steroid dienone is 1. The van der Waals surface area contributed by atoms with Crippen molar-refractivity contribution in [2.24, 2.45) is 4.99 Å². The molecular weight excluding hydrogens is 592 g/mol. The largest absolute Gasteiger partial charge is 0.463 e. The summed E-state index contributed by atoms with van der Waals surface area (Å²) in [5.74, 6) is -0.0754. The Balaban J connectivity index is 1.59. The van der Waals surface area contributed by atoms with Gasteiger partial charge in [-0.3, -0.25) is 14.2 Å². The van der Waals surface area contributed by atoms with E-state index in [4.69, 9.17) is 9.15 Å². The molecule has 0 spiro atoms. The summed E-state index contributed by atoms with van der Waals surface area (Å²) in [6, 6.07) is 11.8. The van der Waals surface area contributed by atoms with E-state index in [9.17, 15) is 14.4 Å². The Morgan fingerprint density at radius 3 is 2.74 bits per heavy atom. The van der Waals surface area contributed by atoms with Gasteiger partial charge in [0.25, 0.3) is 11.1 Å². The lowest BCUT2D eigenvalue weighted by Gasteiger charge is -2.24. The Kier molecular flexibility index (Phi) is 7.37. The Morgan fingerprint density at radius 1 is 1.26 bits per heavy atom. The van der Waals surface area contributed by atoms with E-state index in [-0.39, 0.29) is 17.7 Å². The quantitative estimate of drug-likeness (QED) is 0.260. The van der Waals surface area contributed by atoms with E-state index in [2.05, 4.69) is 30.9 Å². The summed E-state index contributed by atoms with van der Waals surface area (Å²) < 4.78 is 13.8. The van der Waals surface area contributed by atoms with Crippen LogP contribution in [0, 0.1) is 6.92 Å². The van der Waals surface area contributed by atoms with Gasteiger partial charge in [-0.1, -0.05) is 41.7 Å². The van der Waals surface area contributed by atoms with E-state index in [0.29, 0.717) is 46.8 Å². The van der Waals surface area contributed by atoms with E-state index < -0.39 is 12.0 Å². The highest BCUT2D eigenvalue weighted by Gasteiger charge is 2.33. The van der Waals surface area contributed by atoms with Crippen LogP contribution in [0.2, 0.25) is 0 Å². The summed E-state index contributed by atoms with van der Waals surface area (Å²) in [6.45, 7) is 5.43. The number of H-pyrrole nitrogens is 1. The second-order valence-corrected chi connectivity index (χ2v) is 11.1. The van der Waals surface area contributed by atoms with Gasteiger partial charge >= 0.3 is 5.97 Å². The first kappa shape index (κ1) is 26.1. The molecule has 3 aromatic heterocycles. The molecule has 4 aromatic rings. The monoisotopic (exact) mass is 612 g/mol. The second kappa shape index (κ2) is 10.7. The third-order valence-corrected chi connectivity index (χ3v) is 8.33. The number of esters is 1. The number of rotatable bonds is 6. The molecule has 0 bridgehead atoms. The Hall–Kier alpha value is -3.48. The van der Waals surface area contributed by atoms with Gasteiger partial charge in [-0.15, -0.1) is 0 Å². The zero-order valence-corrected chi connectivity index (χ0v) is 23.7. The molecule has 1 aromatic carbocycles. The van der Waals surface area contributed by atoms with E-state index in [1.807, 2.05) is 30.3 Å². The van der Waals surface area contributed by atoms with Crippen molar-refractivity contribution in [3.8, 4) is 0 Å². The summed E-state index contributed by atoms with van der Waals surface area (Å²) >= 11 is 5.84. The number of halogens is 1. The number of hydrogen-bond donors (Lipinski definition) is 1. The summed E-state index contributed by atoms with van der Waals surface area (Å²) in [5.41, 5.74) is 1.64. The van der Waals surface area contributed by atoms with Crippen molar-refractivity contribution in [2.75, 3.05) is 6.61 Å². The first-order valence-corrected chi connectivity index (χ1v) is 14.0. The molecule has 12 heteroatoms. The van der Waals surface area contributed by atoms with Crippen molar-refractivity contribution in [2.45, 2.75) is 37.1 Å². The molecule has 38 heavy (non-hydrogen) atoms. The highest BCUT2D eigenvalue weighted by atomic mass is 79.9. The van der Waals surface area contributed by atoms with Gasteiger partial charge in [0.15, 0.2) is 15.1 Å². The van der Waals surface area contributed by atoms with Gasteiger partial charge in [-0.05, 0) is 60.1 Å². The number of benzene rings is 1. The lowest BCUT2D eigenvalue weighted by Crippen LogP contribution is -2.39. The number of furan rings is 1. The number of thiazole rings is 1. The average Bonchev–Trinajstić information content (AvgIpc) is 3.36. The highest BCUT2D eigenvalue weighted by Crippen LogP contribution is 2.34. The van der Waals surface area contributed by atoms with Crippen molar-refractivity contribution in [1.29, 1.82) is 0 Å². The van der Waals surface area contributed by atoms with Crippen molar-refractivity contribution < 1.29 is 13.9 Å². The summed E-state index contributed by atoms with van der Waals surface area (Å²) in [4.78, 5) is 50.4. The summed E-state index contributed by atoms with van der Waals surface area (Å²) in [7, 11) is 0. The van der Waals surface area contributed by atoms with E-state index in [0.717, 1.165) is 17.3 Å². The number of fused-ring (bicyclic) bond motifs is 1. The zero-order valence-electron chi connectivity index (χ0n) is 20.5. The molecule has 0 fully saturated rings. The van der Waals surface area contributed by atoms with E-state index in [1.165, 1.54) is 22.0 Å². The maximum absolute atomic E-state index is 13.7. The van der Waals surface area contributed by atoms with Crippen LogP contribution in [-0.4, -0.2) is 27.1 Å². The number of ether oxygens (including phenoxy) is 1. The molecule has 0 saturated heterocycles. The standard InChI is InChI=1S/C26H21BrN4O5S2/c1-4-35-23(34)20-14(3)29-26-31(21(20)15-8-6-5-7-9-15)22(33)18(37-26)12-16-11-17(27)24(36-16)38-25-28-13(2)10-19(32)30-25/h5-12,21H,4H2,1-3H3,(H,28,30,32)/b18-12+/t21-/m0/s1. The number of nitrogens with zero attached hydrogens (tertiary/aromatic N) is 3. The summed E-state index contributed by atoms with van der Waals surface area (Å²) in [6.07, 6.45) is 1.64. The van der Waals surface area contributed by atoms with Crippen molar-refractivity contribution in [3.63, 3.8) is 0 Å². The van der Waals surface area contributed by atoms with Crippen molar-refractivity contribution in [3.05, 3.63) is 105 Å². The Labute approximate surface area is 232 Å². The first-order valence-electron chi connectivity index (χ1n) is 11.5. The van der Waals surface area contributed by atoms with Crippen molar-refractivity contribution in [1.82, 2.24) is 14.5 Å². The van der Waals surface area contributed by atoms with Crippen LogP contribution in [-0.2, 0) is 9.53 Å². The van der Waals surface area contributed by atoms with Gasteiger partial charge in [0.1, 0.15) is 5.76 Å². The van der Waals surface area contributed by atoms with Crippen LogP contribution in [0.15, 0.2) is 87.5 Å². The number of hydrogen-bond acceptors (Lipinski definition) is 9. The number of carbonyl (C=O) groups excluding carboxylic acids is 1. The predicted molar refractivity (Wildman–Crippen MR) is 147 cm³/mol. The predicted octanol–water partition coefficient (Wildman–Crippen LogP) is 3.70. The van der Waals surface area contributed by atoms with E-state index >= 15 is 0 Å². The molecule has 5 rings (SSSR count). The summed E-state index contributed by atoms with van der Waals surface area (Å²) in [5, 5.41) is 0.862. The fourth-order valence-corrected chi connectivity index (χ4v) is 6.46. The van der Waals surface area contributed by atoms with Crippen LogP contribution >= 0.6 is 39.0 Å². The molecule has 1 atom stereocenters. The molecule has 0 radical (unpaired) electrons. The second-order valence-electron chi connectivity index (χ2n) is 8.29. The van der Waals surface area contributed by atoms with Gasteiger partial charge in [-0.2, -0.15) is 0 Å². The lowest BCUT2D eigenvalue weighted by molar-refractivity contribution is -0.139. The molecule has 0 unspecified atom stereocenters. The lowest BCUT2D eigenvalue weighted by atomic mass is 9.96. The van der Waals surface area contributed by atoms with Crippen LogP contribution in [0.5, 0.6) is 0 Å². The topological polar surface area (TPSA) is 120 Å². The molecule has 1 aliphatic heterocycles.